The molecule has 0 saturated carbocycles. The molecule has 1 atom stereocenters. The van der Waals surface area contributed by atoms with Gasteiger partial charge in [0, 0.05) is 0 Å². The van der Waals surface area contributed by atoms with Crippen LogP contribution in [0.15, 0.2) is 110 Å². The van der Waals surface area contributed by atoms with Crippen LogP contribution in [0.5, 0.6) is 0 Å². The van der Waals surface area contributed by atoms with Crippen LogP contribution < -0.4 is 0 Å². The van der Waals surface area contributed by atoms with Crippen LogP contribution in [0.2, 0.25) is 0 Å². The summed E-state index contributed by atoms with van der Waals surface area (Å²) in [5, 5.41) is 2.61. The smallest absolute Gasteiger partial charge is 0.00617 e. The van der Waals surface area contributed by atoms with Crippen LogP contribution in [-0.2, 0) is 0 Å². The third kappa shape index (κ3) is 4.54. The molecule has 0 heteroatoms. The van der Waals surface area contributed by atoms with Crippen molar-refractivity contribution in [1.29, 1.82) is 0 Å². The fourth-order valence-electron chi connectivity index (χ4n) is 4.83. The first-order chi connectivity index (χ1) is 16.6. The van der Waals surface area contributed by atoms with Crippen molar-refractivity contribution in [3.63, 3.8) is 0 Å². The second-order valence-electron chi connectivity index (χ2n) is 8.99. The van der Waals surface area contributed by atoms with E-state index < -0.39 is 0 Å². The molecule has 34 heavy (non-hydrogen) atoms. The molecule has 0 bridgehead atoms. The van der Waals surface area contributed by atoms with Crippen LogP contribution in [-0.4, -0.2) is 0 Å². The molecule has 4 aromatic carbocycles. The highest BCUT2D eigenvalue weighted by molar-refractivity contribution is 6.03. The predicted molar refractivity (Wildman–Crippen MR) is 151 cm³/mol. The molecule has 0 aliphatic rings. The van der Waals surface area contributed by atoms with E-state index in [0.29, 0.717) is 5.92 Å². The topological polar surface area (TPSA) is 0 Å². The number of benzene rings is 4. The van der Waals surface area contributed by atoms with Crippen molar-refractivity contribution in [3.8, 4) is 22.3 Å². The van der Waals surface area contributed by atoms with E-state index in [1.165, 1.54) is 55.3 Å². The van der Waals surface area contributed by atoms with Crippen LogP contribution in [0.3, 0.4) is 0 Å². The minimum atomic E-state index is 0.476. The average Bonchev–Trinajstić information content (AvgIpc) is 2.88. The highest BCUT2D eigenvalue weighted by Crippen LogP contribution is 2.43. The molecule has 0 amide bonds. The summed E-state index contributed by atoms with van der Waals surface area (Å²) in [7, 11) is 0. The first-order valence-corrected chi connectivity index (χ1v) is 12.3. The highest BCUT2D eigenvalue weighted by Gasteiger charge is 2.19. The third-order valence-electron chi connectivity index (χ3n) is 6.80. The number of aryl methyl sites for hydroxylation is 1. The lowest BCUT2D eigenvalue weighted by atomic mass is 9.81. The molecule has 0 aliphatic heterocycles. The summed E-state index contributed by atoms with van der Waals surface area (Å²) in [4.78, 5) is 0. The van der Waals surface area contributed by atoms with Gasteiger partial charge in [-0.15, -0.1) is 0 Å². The molecule has 0 aliphatic carbocycles. The van der Waals surface area contributed by atoms with Crippen LogP contribution in [0.1, 0.15) is 49.8 Å². The van der Waals surface area contributed by atoms with Gasteiger partial charge in [0.25, 0.3) is 0 Å². The van der Waals surface area contributed by atoms with Crippen LogP contribution in [0.25, 0.3) is 38.6 Å². The maximum atomic E-state index is 3.88. The molecular weight excluding hydrogens is 408 g/mol. The second kappa shape index (κ2) is 10.5. The Bertz CT molecular complexity index is 1360. The summed E-state index contributed by atoms with van der Waals surface area (Å²) in [5.41, 5.74) is 10.4. The van der Waals surface area contributed by atoms with Gasteiger partial charge in [-0.25, -0.2) is 0 Å². The number of hydrogen-bond donors (Lipinski definition) is 0. The Morgan fingerprint density at radius 3 is 2.35 bits per heavy atom. The Kier molecular flexibility index (Phi) is 7.28. The molecular formula is C34H34. The third-order valence-corrected chi connectivity index (χ3v) is 6.80. The van der Waals surface area contributed by atoms with Crippen molar-refractivity contribution in [2.75, 3.05) is 0 Å². The molecule has 170 valence electrons. The zero-order valence-electron chi connectivity index (χ0n) is 20.8. The van der Waals surface area contributed by atoms with Gasteiger partial charge in [0.1, 0.15) is 0 Å². The Balaban J connectivity index is 1.98. The summed E-state index contributed by atoms with van der Waals surface area (Å²) in [6.07, 6.45) is 9.22. The summed E-state index contributed by atoms with van der Waals surface area (Å²) < 4.78 is 0. The Morgan fingerprint density at radius 1 is 0.882 bits per heavy atom. The van der Waals surface area contributed by atoms with E-state index in [-0.39, 0.29) is 0 Å². The highest BCUT2D eigenvalue weighted by atomic mass is 14.2. The molecule has 0 N–H and O–H groups in total. The fraction of sp³-hybridized carbons (Fsp3) is 0.176. The van der Waals surface area contributed by atoms with Crippen molar-refractivity contribution >= 4 is 16.3 Å². The monoisotopic (exact) mass is 442 g/mol. The van der Waals surface area contributed by atoms with Crippen LogP contribution in [0, 0.1) is 6.92 Å². The van der Waals surface area contributed by atoms with Crippen molar-refractivity contribution in [2.45, 2.75) is 40.0 Å². The van der Waals surface area contributed by atoms with Crippen molar-refractivity contribution in [3.05, 3.63) is 126 Å². The maximum Gasteiger partial charge on any atom is -0.00617 e. The van der Waals surface area contributed by atoms with Crippen LogP contribution in [0.4, 0.5) is 0 Å². The van der Waals surface area contributed by atoms with Gasteiger partial charge < -0.3 is 0 Å². The molecule has 1 unspecified atom stereocenters. The zero-order valence-corrected chi connectivity index (χ0v) is 20.8. The number of hydrogen-bond acceptors (Lipinski definition) is 0. The van der Waals surface area contributed by atoms with E-state index in [1.807, 2.05) is 13.0 Å². The molecule has 0 aromatic heterocycles. The molecule has 0 nitrogen and oxygen atoms in total. The Labute approximate surface area is 205 Å². The van der Waals surface area contributed by atoms with Gasteiger partial charge in [-0.05, 0) is 81.5 Å². The lowest BCUT2D eigenvalue weighted by Crippen LogP contribution is -2.00. The summed E-state index contributed by atoms with van der Waals surface area (Å²) in [5.74, 6) is 0.476. The quantitative estimate of drug-likeness (QED) is 0.250. The molecule has 0 saturated heterocycles. The molecule has 0 heterocycles. The lowest BCUT2D eigenvalue weighted by Gasteiger charge is -2.22. The van der Waals surface area contributed by atoms with E-state index in [0.717, 1.165) is 6.42 Å². The Hall–Kier alpha value is -3.64. The van der Waals surface area contributed by atoms with Gasteiger partial charge in [-0.2, -0.15) is 0 Å². The number of fused-ring (bicyclic) bond motifs is 1. The molecule has 4 rings (SSSR count). The van der Waals surface area contributed by atoms with Gasteiger partial charge in [0.05, 0.1) is 0 Å². The van der Waals surface area contributed by atoms with E-state index >= 15 is 0 Å². The van der Waals surface area contributed by atoms with Gasteiger partial charge in [-0.3, -0.25) is 0 Å². The fourth-order valence-corrected chi connectivity index (χ4v) is 4.83. The lowest BCUT2D eigenvalue weighted by molar-refractivity contribution is 0.735. The van der Waals surface area contributed by atoms with Crippen molar-refractivity contribution in [2.24, 2.45) is 0 Å². The molecule has 4 aromatic rings. The van der Waals surface area contributed by atoms with E-state index in [4.69, 9.17) is 0 Å². The first kappa shape index (κ1) is 23.5. The van der Waals surface area contributed by atoms with Gasteiger partial charge in [0.2, 0.25) is 0 Å². The normalized spacial score (nSPS) is 12.9. The Morgan fingerprint density at radius 2 is 1.65 bits per heavy atom. The molecule has 0 radical (unpaired) electrons. The number of allylic oxidation sites excluding steroid dienone is 5. The zero-order chi connectivity index (χ0) is 24.1. The predicted octanol–water partition coefficient (Wildman–Crippen LogP) is 10.1. The molecule has 0 fully saturated rings. The van der Waals surface area contributed by atoms with E-state index in [2.05, 4.69) is 124 Å². The van der Waals surface area contributed by atoms with Gasteiger partial charge in [0.15, 0.2) is 0 Å². The van der Waals surface area contributed by atoms with E-state index in [1.54, 1.807) is 0 Å². The minimum absolute atomic E-state index is 0.476. The molecule has 0 spiro atoms. The van der Waals surface area contributed by atoms with Gasteiger partial charge >= 0.3 is 0 Å². The second-order valence-corrected chi connectivity index (χ2v) is 8.99. The number of rotatable bonds is 7. The van der Waals surface area contributed by atoms with Gasteiger partial charge in [-0.1, -0.05) is 124 Å². The summed E-state index contributed by atoms with van der Waals surface area (Å²) in [6, 6.07) is 29.0. The average molecular weight is 443 g/mol. The van der Waals surface area contributed by atoms with Crippen LogP contribution >= 0.6 is 0 Å². The largest absolute Gasteiger partial charge is 0.0990 e. The maximum absolute atomic E-state index is 3.88. The summed E-state index contributed by atoms with van der Waals surface area (Å²) in [6.45, 7) is 12.8. The first-order valence-electron chi connectivity index (χ1n) is 12.3. The minimum Gasteiger partial charge on any atom is -0.0990 e. The van der Waals surface area contributed by atoms with Crippen molar-refractivity contribution < 1.29 is 0 Å². The van der Waals surface area contributed by atoms with E-state index in [9.17, 15) is 0 Å². The standard InChI is InChI=1S/C34H34/c1-6-12-26(13-7-2)27-20-22-29(23-21-27)32-17-11-16-30(24(4)8-3)34(32)33-25(5)18-19-28-14-9-10-15-31(28)33/h6-7,9-24H,1,8H2,2-5H3/b13-7-,26-12+. The SMILES string of the molecule is C=C/C=C(\C=C/C)c1ccc(-c2cccc(C(C)CC)c2-c2c(C)ccc3ccccc23)cc1. The summed E-state index contributed by atoms with van der Waals surface area (Å²) >= 11 is 0. The van der Waals surface area contributed by atoms with Crippen molar-refractivity contribution in [1.82, 2.24) is 0 Å².